The topological polar surface area (TPSA) is 78.9 Å². The van der Waals surface area contributed by atoms with E-state index in [9.17, 15) is 14.4 Å². The first-order valence-electron chi connectivity index (χ1n) is 32.7. The van der Waals surface area contributed by atoms with Crippen LogP contribution >= 0.6 is 0 Å². The molecule has 0 saturated heterocycles. The second kappa shape index (κ2) is 64.9. The molecule has 0 spiro atoms. The van der Waals surface area contributed by atoms with Crippen LogP contribution in [0.1, 0.15) is 316 Å². The molecule has 0 fully saturated rings. The maximum Gasteiger partial charge on any atom is 0.306 e. The van der Waals surface area contributed by atoms with Gasteiger partial charge in [-0.15, -0.1) is 0 Å². The lowest BCUT2D eigenvalue weighted by atomic mass is 10.0. The van der Waals surface area contributed by atoms with Gasteiger partial charge in [-0.2, -0.15) is 0 Å². The highest BCUT2D eigenvalue weighted by Gasteiger charge is 2.19. The molecule has 6 heteroatoms. The molecule has 0 aromatic carbocycles. The first-order valence-corrected chi connectivity index (χ1v) is 32.7. The molecule has 0 aromatic rings. The van der Waals surface area contributed by atoms with E-state index in [0.717, 1.165) is 135 Å². The van der Waals surface area contributed by atoms with Gasteiger partial charge in [0.2, 0.25) is 0 Å². The summed E-state index contributed by atoms with van der Waals surface area (Å²) in [5, 5.41) is 0. The monoisotopic (exact) mass is 1070 g/mol. The summed E-state index contributed by atoms with van der Waals surface area (Å²) in [5.41, 5.74) is 0. The summed E-state index contributed by atoms with van der Waals surface area (Å²) >= 11 is 0. The molecule has 0 aromatic heterocycles. The van der Waals surface area contributed by atoms with Crippen LogP contribution in [0.15, 0.2) is 97.2 Å². The Morgan fingerprint density at radius 1 is 0.273 bits per heavy atom. The Labute approximate surface area is 477 Å². The number of unbranched alkanes of at least 4 members (excludes halogenated alkanes) is 32. The normalized spacial score (nSPS) is 12.7. The van der Waals surface area contributed by atoms with Crippen molar-refractivity contribution in [1.29, 1.82) is 0 Å². The zero-order valence-electron chi connectivity index (χ0n) is 50.7. The van der Waals surface area contributed by atoms with Crippen molar-refractivity contribution in [2.45, 2.75) is 322 Å². The maximum absolute atomic E-state index is 12.9. The first-order chi connectivity index (χ1) is 38.0. The van der Waals surface area contributed by atoms with Gasteiger partial charge in [0, 0.05) is 19.3 Å². The van der Waals surface area contributed by atoms with Gasteiger partial charge in [0.15, 0.2) is 6.10 Å². The van der Waals surface area contributed by atoms with Crippen LogP contribution in [0, 0.1) is 0 Å². The third-order valence-corrected chi connectivity index (χ3v) is 14.1. The van der Waals surface area contributed by atoms with E-state index in [1.807, 2.05) is 0 Å². The zero-order valence-corrected chi connectivity index (χ0v) is 50.7. The largest absolute Gasteiger partial charge is 0.462 e. The third kappa shape index (κ3) is 63.0. The van der Waals surface area contributed by atoms with E-state index in [1.165, 1.54) is 141 Å². The molecule has 0 aliphatic heterocycles. The molecule has 442 valence electrons. The predicted octanol–water partition coefficient (Wildman–Crippen LogP) is 22.4. The average Bonchev–Trinajstić information content (AvgIpc) is 3.43. The van der Waals surface area contributed by atoms with E-state index < -0.39 is 6.10 Å². The van der Waals surface area contributed by atoms with Gasteiger partial charge in [0.25, 0.3) is 0 Å². The van der Waals surface area contributed by atoms with Crippen LogP contribution in [0.2, 0.25) is 0 Å². The van der Waals surface area contributed by atoms with Gasteiger partial charge < -0.3 is 14.2 Å². The van der Waals surface area contributed by atoms with E-state index in [2.05, 4.69) is 118 Å². The van der Waals surface area contributed by atoms with Crippen molar-refractivity contribution < 1.29 is 28.6 Å². The third-order valence-electron chi connectivity index (χ3n) is 14.1. The summed E-state index contributed by atoms with van der Waals surface area (Å²) in [6.45, 7) is 6.41. The summed E-state index contributed by atoms with van der Waals surface area (Å²) in [7, 11) is 0. The Kier molecular flexibility index (Phi) is 61.8. The summed E-state index contributed by atoms with van der Waals surface area (Å²) in [6.07, 6.45) is 87.2. The Balaban J connectivity index is 4.33. The molecule has 0 aliphatic rings. The Hall–Kier alpha value is -3.67. The van der Waals surface area contributed by atoms with Crippen molar-refractivity contribution in [1.82, 2.24) is 0 Å². The van der Waals surface area contributed by atoms with Crippen LogP contribution in [0.5, 0.6) is 0 Å². The summed E-state index contributed by atoms with van der Waals surface area (Å²) in [4.78, 5) is 38.3. The average molecular weight is 1070 g/mol. The molecule has 6 nitrogen and oxygen atoms in total. The fourth-order valence-electron chi connectivity index (χ4n) is 9.25. The summed E-state index contributed by atoms with van der Waals surface area (Å²) < 4.78 is 16.9. The van der Waals surface area contributed by atoms with Crippen molar-refractivity contribution in [3.8, 4) is 0 Å². The highest BCUT2D eigenvalue weighted by atomic mass is 16.6. The van der Waals surface area contributed by atoms with Gasteiger partial charge in [-0.3, -0.25) is 14.4 Å². The standard InChI is InChI=1S/C71H122O6/c1-4-7-10-13-16-19-22-25-27-29-31-33-34-35-36-38-39-41-43-46-49-52-55-58-61-64-70(73)76-67-68(66-75-69(72)63-60-57-54-51-48-45-24-21-18-15-12-9-6-3)77-71(74)65-62-59-56-53-50-47-44-42-40-37-32-30-28-26-23-20-17-14-11-8-5-2/h8-9,11-12,17-18,20-21,26,28,32,37,42,44-45,48,68H,4-7,10,13-16,19,22-25,27,29-31,33-36,38-41,43,46-47,49-67H2,1-3H3/b11-8-,12-9-,20-17-,21-18-,28-26-,37-32-,44-42-,48-45-. The van der Waals surface area contributed by atoms with Crippen molar-refractivity contribution >= 4 is 17.9 Å². The molecule has 0 bridgehead atoms. The van der Waals surface area contributed by atoms with Gasteiger partial charge in [0.05, 0.1) is 0 Å². The number of rotatable bonds is 59. The van der Waals surface area contributed by atoms with Gasteiger partial charge in [-0.1, -0.05) is 298 Å². The predicted molar refractivity (Wildman–Crippen MR) is 334 cm³/mol. The van der Waals surface area contributed by atoms with Crippen LogP contribution in [0.4, 0.5) is 0 Å². The van der Waals surface area contributed by atoms with E-state index >= 15 is 0 Å². The van der Waals surface area contributed by atoms with E-state index in [1.54, 1.807) is 0 Å². The SMILES string of the molecule is CC/C=C\C/C=C\C/C=C\C/C=C\C/C=C\CCCCCCCC(=O)OC(COC(=O)CCCCC/C=C\C/C=C\C/C=C\CC)COC(=O)CCCCCCCCCCCCCCCCCCCCCCCCCCC. The molecule has 0 N–H and O–H groups in total. The molecular weight excluding hydrogens is 949 g/mol. The molecular formula is C71H122O6. The van der Waals surface area contributed by atoms with Crippen molar-refractivity contribution in [2.75, 3.05) is 13.2 Å². The molecule has 0 rings (SSSR count). The molecule has 0 radical (unpaired) electrons. The van der Waals surface area contributed by atoms with E-state index in [4.69, 9.17) is 14.2 Å². The molecule has 0 amide bonds. The Morgan fingerprint density at radius 2 is 0.506 bits per heavy atom. The van der Waals surface area contributed by atoms with Crippen LogP contribution < -0.4 is 0 Å². The number of hydrogen-bond acceptors (Lipinski definition) is 6. The minimum atomic E-state index is -0.801. The smallest absolute Gasteiger partial charge is 0.306 e. The minimum Gasteiger partial charge on any atom is -0.462 e. The van der Waals surface area contributed by atoms with E-state index in [0.29, 0.717) is 19.3 Å². The number of hydrogen-bond donors (Lipinski definition) is 0. The number of esters is 3. The number of carbonyl (C=O) groups excluding carboxylic acids is 3. The van der Waals surface area contributed by atoms with Gasteiger partial charge in [-0.25, -0.2) is 0 Å². The zero-order chi connectivity index (χ0) is 55.7. The summed E-state index contributed by atoms with van der Waals surface area (Å²) in [5.74, 6) is -0.932. The van der Waals surface area contributed by atoms with Gasteiger partial charge in [0.1, 0.15) is 13.2 Å². The lowest BCUT2D eigenvalue weighted by molar-refractivity contribution is -0.167. The lowest BCUT2D eigenvalue weighted by Crippen LogP contribution is -2.30. The fourth-order valence-corrected chi connectivity index (χ4v) is 9.25. The first kappa shape index (κ1) is 73.3. The van der Waals surface area contributed by atoms with Gasteiger partial charge >= 0.3 is 17.9 Å². The Morgan fingerprint density at radius 3 is 0.805 bits per heavy atom. The van der Waals surface area contributed by atoms with Gasteiger partial charge in [-0.05, 0) is 96.3 Å². The maximum atomic E-state index is 12.9. The number of allylic oxidation sites excluding steroid dienone is 16. The molecule has 1 atom stereocenters. The van der Waals surface area contributed by atoms with Crippen LogP contribution in [-0.2, 0) is 28.6 Å². The second-order valence-electron chi connectivity index (χ2n) is 21.6. The number of ether oxygens (including phenoxy) is 3. The molecule has 77 heavy (non-hydrogen) atoms. The van der Waals surface area contributed by atoms with Crippen LogP contribution in [0.3, 0.4) is 0 Å². The highest BCUT2D eigenvalue weighted by molar-refractivity contribution is 5.71. The summed E-state index contributed by atoms with van der Waals surface area (Å²) in [6, 6.07) is 0. The number of carbonyl (C=O) groups is 3. The highest BCUT2D eigenvalue weighted by Crippen LogP contribution is 2.17. The Bertz CT molecular complexity index is 1510. The quantitative estimate of drug-likeness (QED) is 0.0261. The van der Waals surface area contributed by atoms with E-state index in [-0.39, 0.29) is 31.1 Å². The minimum absolute atomic E-state index is 0.0932. The molecule has 0 aliphatic carbocycles. The van der Waals surface area contributed by atoms with Crippen molar-refractivity contribution in [2.24, 2.45) is 0 Å². The van der Waals surface area contributed by atoms with Crippen LogP contribution in [-0.4, -0.2) is 37.2 Å². The fraction of sp³-hybridized carbons (Fsp3) is 0.732. The molecule has 1 unspecified atom stereocenters. The van der Waals surface area contributed by atoms with Crippen molar-refractivity contribution in [3.05, 3.63) is 97.2 Å². The molecule has 0 heterocycles. The lowest BCUT2D eigenvalue weighted by Gasteiger charge is -2.18. The second-order valence-corrected chi connectivity index (χ2v) is 21.6. The van der Waals surface area contributed by atoms with Crippen molar-refractivity contribution in [3.63, 3.8) is 0 Å². The molecule has 0 saturated carbocycles. The van der Waals surface area contributed by atoms with Crippen LogP contribution in [0.25, 0.3) is 0 Å².